The number of alkyl halides is 5. The predicted octanol–water partition coefficient (Wildman–Crippen LogP) is 3.59. The number of hydrogen-bond acceptors (Lipinski definition) is 0. The van der Waals surface area contributed by atoms with Crippen molar-refractivity contribution < 1.29 is 0 Å². The van der Waals surface area contributed by atoms with Crippen LogP contribution in [-0.2, 0) is 0 Å². The van der Waals surface area contributed by atoms with Crippen molar-refractivity contribution in [1.82, 2.24) is 0 Å². The van der Waals surface area contributed by atoms with Gasteiger partial charge in [-0.15, -0.1) is 58.0 Å². The monoisotopic (exact) mass is 228 g/mol. The first kappa shape index (κ1) is 10.4. The lowest BCUT2D eigenvalue weighted by Crippen LogP contribution is -2.32. The maximum atomic E-state index is 5.68. The highest BCUT2D eigenvalue weighted by Crippen LogP contribution is 2.35. The minimum atomic E-state index is -0.966. The number of halogens is 5. The Balaban J connectivity index is 4.01. The summed E-state index contributed by atoms with van der Waals surface area (Å²) < 4.78 is 0. The first-order valence-corrected chi connectivity index (χ1v) is 4.26. The molecule has 0 saturated carbocycles. The zero-order chi connectivity index (χ0) is 7.65. The Morgan fingerprint density at radius 2 is 1.22 bits per heavy atom. The molecule has 9 heavy (non-hydrogen) atoms. The fourth-order valence-electron chi connectivity index (χ4n) is 0.0952. The molecular formula is C4H5Cl5. The van der Waals surface area contributed by atoms with E-state index in [2.05, 4.69) is 0 Å². The van der Waals surface area contributed by atoms with E-state index >= 15 is 0 Å². The van der Waals surface area contributed by atoms with Crippen molar-refractivity contribution in [2.45, 2.75) is 21.5 Å². The van der Waals surface area contributed by atoms with Gasteiger partial charge in [0.25, 0.3) is 0 Å². The van der Waals surface area contributed by atoms with Gasteiger partial charge in [-0.1, -0.05) is 0 Å². The van der Waals surface area contributed by atoms with Crippen LogP contribution in [0.2, 0.25) is 0 Å². The molecule has 0 aromatic heterocycles. The van der Waals surface area contributed by atoms with E-state index in [0.29, 0.717) is 0 Å². The van der Waals surface area contributed by atoms with Crippen LogP contribution < -0.4 is 0 Å². The number of hydrogen-bond donors (Lipinski definition) is 0. The van der Waals surface area contributed by atoms with Crippen LogP contribution in [0.4, 0.5) is 0 Å². The van der Waals surface area contributed by atoms with Crippen LogP contribution in [0.15, 0.2) is 0 Å². The molecule has 0 heterocycles. The standard InChI is InChI=1S/C4H5Cl5/c1-4(9,2(5)6)3(7)8/h2-3H,1H3. The Kier molecular flexibility index (Phi) is 4.33. The Morgan fingerprint density at radius 3 is 1.22 bits per heavy atom. The van der Waals surface area contributed by atoms with Crippen LogP contribution in [-0.4, -0.2) is 14.5 Å². The summed E-state index contributed by atoms with van der Waals surface area (Å²) in [5.41, 5.74) is 0. The fourth-order valence-corrected chi connectivity index (χ4v) is 0.857. The van der Waals surface area contributed by atoms with Gasteiger partial charge in [0.15, 0.2) is 0 Å². The van der Waals surface area contributed by atoms with Crippen molar-refractivity contribution in [2.75, 3.05) is 0 Å². The molecule has 0 aliphatic carbocycles. The van der Waals surface area contributed by atoms with Crippen LogP contribution in [0.1, 0.15) is 6.92 Å². The maximum absolute atomic E-state index is 5.68. The summed E-state index contributed by atoms with van der Waals surface area (Å²) in [6.07, 6.45) is 0. The molecule has 0 unspecified atom stereocenters. The lowest BCUT2D eigenvalue weighted by molar-refractivity contribution is 0.731. The van der Waals surface area contributed by atoms with Gasteiger partial charge in [-0.25, -0.2) is 0 Å². The summed E-state index contributed by atoms with van der Waals surface area (Å²) in [5.74, 6) is 0. The summed E-state index contributed by atoms with van der Waals surface area (Å²) in [6, 6.07) is 0. The second-order valence-corrected chi connectivity index (χ2v) is 4.76. The summed E-state index contributed by atoms with van der Waals surface area (Å²) >= 11 is 27.4. The van der Waals surface area contributed by atoms with Gasteiger partial charge in [-0.05, 0) is 6.92 Å². The van der Waals surface area contributed by atoms with Crippen molar-refractivity contribution in [2.24, 2.45) is 0 Å². The molecule has 0 aliphatic rings. The number of rotatable bonds is 2. The third-order valence-corrected chi connectivity index (χ3v) is 3.55. The molecule has 0 bridgehead atoms. The SMILES string of the molecule is CC(Cl)(C(Cl)Cl)C(Cl)Cl. The Hall–Kier alpha value is 1.45. The zero-order valence-corrected chi connectivity index (χ0v) is 8.32. The van der Waals surface area contributed by atoms with Crippen molar-refractivity contribution in [3.63, 3.8) is 0 Å². The van der Waals surface area contributed by atoms with E-state index < -0.39 is 14.5 Å². The smallest absolute Gasteiger partial charge is 0.114 e. The van der Waals surface area contributed by atoms with Crippen molar-refractivity contribution in [3.05, 3.63) is 0 Å². The predicted molar refractivity (Wildman–Crippen MR) is 45.2 cm³/mol. The van der Waals surface area contributed by atoms with Gasteiger partial charge < -0.3 is 0 Å². The molecule has 0 N–H and O–H groups in total. The largest absolute Gasteiger partial charge is 0.129 e. The van der Waals surface area contributed by atoms with Gasteiger partial charge >= 0.3 is 0 Å². The maximum Gasteiger partial charge on any atom is 0.129 e. The Labute approximate surface area is 79.4 Å². The molecule has 0 aromatic rings. The normalized spacial score (nSPS) is 13.3. The summed E-state index contributed by atoms with van der Waals surface area (Å²) in [4.78, 5) is -2.50. The summed E-state index contributed by atoms with van der Waals surface area (Å²) in [6.45, 7) is 1.57. The Bertz CT molecular complexity index is 77.0. The highest BCUT2D eigenvalue weighted by Gasteiger charge is 2.35. The lowest BCUT2D eigenvalue weighted by atomic mass is 10.2. The van der Waals surface area contributed by atoms with Crippen LogP contribution in [0.3, 0.4) is 0 Å². The van der Waals surface area contributed by atoms with E-state index in [9.17, 15) is 0 Å². The molecule has 0 spiro atoms. The van der Waals surface area contributed by atoms with Crippen molar-refractivity contribution >= 4 is 58.0 Å². The van der Waals surface area contributed by atoms with E-state index in [1.54, 1.807) is 6.92 Å². The van der Waals surface area contributed by atoms with Gasteiger partial charge in [0.1, 0.15) is 14.5 Å². The van der Waals surface area contributed by atoms with Gasteiger partial charge in [-0.3, -0.25) is 0 Å². The van der Waals surface area contributed by atoms with Gasteiger partial charge in [-0.2, -0.15) is 0 Å². The lowest BCUT2D eigenvalue weighted by Gasteiger charge is -2.23. The van der Waals surface area contributed by atoms with E-state index in [4.69, 9.17) is 58.0 Å². The molecule has 0 aliphatic heterocycles. The Morgan fingerprint density at radius 1 is 1.00 bits per heavy atom. The second kappa shape index (κ2) is 3.73. The van der Waals surface area contributed by atoms with Crippen molar-refractivity contribution in [1.29, 1.82) is 0 Å². The van der Waals surface area contributed by atoms with Crippen molar-refractivity contribution in [3.8, 4) is 0 Å². The van der Waals surface area contributed by atoms with E-state index in [-0.39, 0.29) is 0 Å². The third kappa shape index (κ3) is 2.90. The molecule has 0 fully saturated rings. The average molecular weight is 230 g/mol. The molecule has 0 atom stereocenters. The van der Waals surface area contributed by atoms with E-state index in [1.807, 2.05) is 0 Å². The molecule has 0 aromatic carbocycles. The highest BCUT2D eigenvalue weighted by atomic mass is 35.5. The van der Waals surface area contributed by atoms with Crippen LogP contribution in [0.25, 0.3) is 0 Å². The second-order valence-electron chi connectivity index (χ2n) is 1.75. The quantitative estimate of drug-likeness (QED) is 0.636. The van der Waals surface area contributed by atoms with Crippen LogP contribution >= 0.6 is 58.0 Å². The minimum Gasteiger partial charge on any atom is -0.114 e. The topological polar surface area (TPSA) is 0 Å². The molecule has 0 amide bonds. The van der Waals surface area contributed by atoms with E-state index in [1.165, 1.54) is 0 Å². The zero-order valence-electron chi connectivity index (χ0n) is 4.54. The third-order valence-electron chi connectivity index (χ3n) is 0.853. The molecule has 0 rings (SSSR count). The molecule has 0 radical (unpaired) electrons. The fraction of sp³-hybridized carbons (Fsp3) is 1.00. The molecule has 0 saturated heterocycles. The van der Waals surface area contributed by atoms with Gasteiger partial charge in [0.2, 0.25) is 0 Å². The molecule has 56 valence electrons. The van der Waals surface area contributed by atoms with E-state index in [0.717, 1.165) is 0 Å². The van der Waals surface area contributed by atoms with Crippen LogP contribution in [0.5, 0.6) is 0 Å². The average Bonchev–Trinajstić information content (AvgIpc) is 1.65. The molecule has 0 nitrogen and oxygen atoms in total. The first-order chi connectivity index (χ1) is 3.89. The minimum absolute atomic E-state index is 0.765. The summed E-state index contributed by atoms with van der Waals surface area (Å²) in [7, 11) is 0. The van der Waals surface area contributed by atoms with Gasteiger partial charge in [0.05, 0.1) is 0 Å². The molecular weight excluding hydrogens is 225 g/mol. The van der Waals surface area contributed by atoms with Gasteiger partial charge in [0, 0.05) is 0 Å². The van der Waals surface area contributed by atoms with Crippen LogP contribution in [0, 0.1) is 0 Å². The summed E-state index contributed by atoms with van der Waals surface area (Å²) in [5, 5.41) is 0. The first-order valence-electron chi connectivity index (χ1n) is 2.14. The molecule has 5 heteroatoms. The highest BCUT2D eigenvalue weighted by molar-refractivity contribution is 6.55.